The van der Waals surface area contributed by atoms with Crippen LogP contribution in [0.25, 0.3) is 71.7 Å². The van der Waals surface area contributed by atoms with Gasteiger partial charge in [-0.25, -0.2) is 9.98 Å². The van der Waals surface area contributed by atoms with Crippen molar-refractivity contribution < 1.29 is 4.42 Å². The van der Waals surface area contributed by atoms with Gasteiger partial charge >= 0.3 is 0 Å². The molecule has 0 amide bonds. The Balaban J connectivity index is 1.15. The van der Waals surface area contributed by atoms with Crippen molar-refractivity contribution in [2.75, 3.05) is 0 Å². The summed E-state index contributed by atoms with van der Waals surface area (Å²) in [5.41, 5.74) is 15.6. The molecule has 4 nitrogen and oxygen atoms in total. The number of fused-ring (bicyclic) bond motifs is 9. The minimum Gasteiger partial charge on any atom is -0.456 e. The molecule has 0 saturated carbocycles. The van der Waals surface area contributed by atoms with E-state index in [-0.39, 0.29) is 5.41 Å². The molecule has 0 saturated heterocycles. The molecule has 0 atom stereocenters. The van der Waals surface area contributed by atoms with Gasteiger partial charge in [0.15, 0.2) is 0 Å². The molecule has 0 N–H and O–H groups in total. The summed E-state index contributed by atoms with van der Waals surface area (Å²) in [5, 5.41) is 4.48. The maximum Gasteiger partial charge on any atom is 0.235 e. The molecule has 7 aromatic carbocycles. The minimum atomic E-state index is -0.0630. The summed E-state index contributed by atoms with van der Waals surface area (Å²) in [6.45, 7) is 4.68. The molecule has 54 heavy (non-hydrogen) atoms. The number of aliphatic imine (C=N–C) groups is 2. The van der Waals surface area contributed by atoms with Gasteiger partial charge < -0.3 is 4.42 Å². The molecule has 11 rings (SSSR count). The largest absolute Gasteiger partial charge is 0.456 e. The number of aromatic nitrogens is 1. The zero-order chi connectivity index (χ0) is 36.0. The predicted octanol–water partition coefficient (Wildman–Crippen LogP) is 12.8. The van der Waals surface area contributed by atoms with Crippen LogP contribution in [0.2, 0.25) is 0 Å². The number of nitrogens with zero attached hydrogens (tertiary/aromatic N) is 3. The second-order valence-corrected chi connectivity index (χ2v) is 14.9. The Kier molecular flexibility index (Phi) is 6.62. The fourth-order valence-corrected chi connectivity index (χ4v) is 8.96. The smallest absolute Gasteiger partial charge is 0.235 e. The molecule has 256 valence electrons. The third-order valence-corrected chi connectivity index (χ3v) is 11.5. The van der Waals surface area contributed by atoms with E-state index in [1.165, 1.54) is 44.2 Å². The highest BCUT2D eigenvalue weighted by Crippen LogP contribution is 2.52. The molecule has 1 aliphatic carbocycles. The summed E-state index contributed by atoms with van der Waals surface area (Å²) < 4.78 is 8.56. The number of para-hydroxylation sites is 2. The summed E-state index contributed by atoms with van der Waals surface area (Å²) in [6.07, 6.45) is 2.85. The Morgan fingerprint density at radius 3 is 2.13 bits per heavy atom. The first-order valence-electron chi connectivity index (χ1n) is 18.6. The Morgan fingerprint density at radius 1 is 0.537 bits per heavy atom. The van der Waals surface area contributed by atoms with Gasteiger partial charge in [-0.2, -0.15) is 0 Å². The van der Waals surface area contributed by atoms with Crippen molar-refractivity contribution in [1.82, 2.24) is 4.57 Å². The van der Waals surface area contributed by atoms with Crippen molar-refractivity contribution in [3.05, 3.63) is 186 Å². The third kappa shape index (κ3) is 4.50. The number of rotatable bonds is 3. The van der Waals surface area contributed by atoms with Crippen molar-refractivity contribution in [3.8, 4) is 22.3 Å². The first kappa shape index (κ1) is 30.8. The van der Waals surface area contributed by atoms with E-state index in [1.807, 2.05) is 24.3 Å². The average molecular weight is 694 g/mol. The lowest BCUT2D eigenvalue weighted by Crippen LogP contribution is -2.14. The van der Waals surface area contributed by atoms with E-state index in [0.717, 1.165) is 55.5 Å². The summed E-state index contributed by atoms with van der Waals surface area (Å²) >= 11 is 0. The highest BCUT2D eigenvalue weighted by atomic mass is 16.3. The van der Waals surface area contributed by atoms with E-state index in [4.69, 9.17) is 14.4 Å². The van der Waals surface area contributed by atoms with E-state index in [2.05, 4.69) is 158 Å². The number of hydrogen-bond donors (Lipinski definition) is 0. The Morgan fingerprint density at radius 2 is 1.22 bits per heavy atom. The van der Waals surface area contributed by atoms with Crippen LogP contribution in [0, 0.1) is 0 Å². The highest BCUT2D eigenvalue weighted by molar-refractivity contribution is 6.19. The standard InChI is InChI=1S/C50H35N3O/c1-50(2)39-21-9-6-17-35(39)47-33(19-12-22-40(47)50)32-26-29-44-38(30-32)34-16-7-10-23-43(34)53(44)49-51-41(31-14-4-3-5-15-31)27-28-42(52-49)36-20-13-25-46-48(36)37-18-8-11-24-45(37)54-46/h3-26,28-30H,27H2,1-2H3. The Labute approximate surface area is 313 Å². The van der Waals surface area contributed by atoms with Crippen LogP contribution >= 0.6 is 0 Å². The number of hydrogen-bond acceptors (Lipinski definition) is 3. The van der Waals surface area contributed by atoms with E-state index >= 15 is 0 Å². The molecule has 0 bridgehead atoms. The topological polar surface area (TPSA) is 42.8 Å². The normalized spacial score (nSPS) is 14.9. The molecular weight excluding hydrogens is 659 g/mol. The summed E-state index contributed by atoms with van der Waals surface area (Å²) in [4.78, 5) is 10.9. The van der Waals surface area contributed by atoms with Gasteiger partial charge in [0, 0.05) is 38.9 Å². The lowest BCUT2D eigenvalue weighted by atomic mass is 9.82. The quantitative estimate of drug-likeness (QED) is 0.182. The van der Waals surface area contributed by atoms with Gasteiger partial charge in [-0.3, -0.25) is 4.57 Å². The van der Waals surface area contributed by atoms with E-state index in [9.17, 15) is 0 Å². The molecule has 3 heterocycles. The van der Waals surface area contributed by atoms with E-state index < -0.39 is 0 Å². The van der Waals surface area contributed by atoms with Crippen LogP contribution in [0.15, 0.2) is 178 Å². The van der Waals surface area contributed by atoms with Crippen LogP contribution in [0.3, 0.4) is 0 Å². The molecule has 0 fully saturated rings. The molecule has 2 aromatic heterocycles. The number of benzene rings is 7. The fraction of sp³-hybridized carbons (Fsp3) is 0.0800. The lowest BCUT2D eigenvalue weighted by Gasteiger charge is -2.21. The van der Waals surface area contributed by atoms with Gasteiger partial charge in [-0.15, -0.1) is 0 Å². The molecule has 9 aromatic rings. The third-order valence-electron chi connectivity index (χ3n) is 11.5. The second kappa shape index (κ2) is 11.6. The van der Waals surface area contributed by atoms with Crippen molar-refractivity contribution in [1.29, 1.82) is 0 Å². The molecule has 0 radical (unpaired) electrons. The molecule has 0 spiro atoms. The maximum absolute atomic E-state index is 6.32. The zero-order valence-corrected chi connectivity index (χ0v) is 30.0. The van der Waals surface area contributed by atoms with Crippen molar-refractivity contribution in [3.63, 3.8) is 0 Å². The van der Waals surface area contributed by atoms with Crippen LogP contribution in [0.5, 0.6) is 0 Å². The van der Waals surface area contributed by atoms with E-state index in [0.29, 0.717) is 12.4 Å². The summed E-state index contributed by atoms with van der Waals surface area (Å²) in [6, 6.07) is 56.2. The SMILES string of the molecule is CC1(C)c2ccccc2-c2c(-c3ccc4c(c3)c3ccccc3n4C3=NC(c4cccc5oc6ccccc6c45)=CCC(c4ccccc4)=N3)cccc21. The lowest BCUT2D eigenvalue weighted by molar-refractivity contribution is 0.660. The van der Waals surface area contributed by atoms with Crippen LogP contribution in [-0.4, -0.2) is 16.2 Å². The second-order valence-electron chi connectivity index (χ2n) is 14.9. The molecule has 1 aliphatic heterocycles. The maximum atomic E-state index is 6.32. The molecule has 2 aliphatic rings. The van der Waals surface area contributed by atoms with Gasteiger partial charge in [0.1, 0.15) is 11.2 Å². The van der Waals surface area contributed by atoms with Crippen molar-refractivity contribution in [2.45, 2.75) is 25.7 Å². The minimum absolute atomic E-state index is 0.0630. The van der Waals surface area contributed by atoms with Crippen LogP contribution in [0.1, 0.15) is 42.5 Å². The fourth-order valence-electron chi connectivity index (χ4n) is 8.96. The van der Waals surface area contributed by atoms with Crippen molar-refractivity contribution >= 4 is 61.1 Å². The molecule has 4 heteroatoms. The summed E-state index contributed by atoms with van der Waals surface area (Å²) in [5.74, 6) is 0.637. The van der Waals surface area contributed by atoms with Gasteiger partial charge in [-0.1, -0.05) is 147 Å². The number of furan rings is 1. The van der Waals surface area contributed by atoms with Gasteiger partial charge in [0.2, 0.25) is 5.96 Å². The van der Waals surface area contributed by atoms with Crippen LogP contribution in [0.4, 0.5) is 0 Å². The van der Waals surface area contributed by atoms with E-state index in [1.54, 1.807) is 0 Å². The summed E-state index contributed by atoms with van der Waals surface area (Å²) in [7, 11) is 0. The van der Waals surface area contributed by atoms with Gasteiger partial charge in [-0.05, 0) is 69.3 Å². The molecular formula is C50H35N3O. The molecule has 0 unspecified atom stereocenters. The first-order valence-corrected chi connectivity index (χ1v) is 18.6. The highest BCUT2D eigenvalue weighted by Gasteiger charge is 2.36. The monoisotopic (exact) mass is 693 g/mol. The zero-order valence-electron chi connectivity index (χ0n) is 30.0. The van der Waals surface area contributed by atoms with Crippen molar-refractivity contribution in [2.24, 2.45) is 9.98 Å². The van der Waals surface area contributed by atoms with Gasteiger partial charge in [0.05, 0.1) is 22.4 Å². The predicted molar refractivity (Wildman–Crippen MR) is 225 cm³/mol. The average Bonchev–Trinajstić information content (AvgIpc) is 3.77. The first-order chi connectivity index (χ1) is 26.5. The van der Waals surface area contributed by atoms with Crippen LogP contribution < -0.4 is 0 Å². The Bertz CT molecular complexity index is 3100. The Hall–Kier alpha value is -6.78. The number of allylic oxidation sites excluding steroid dienone is 1. The van der Waals surface area contributed by atoms with Gasteiger partial charge in [0.25, 0.3) is 0 Å². The van der Waals surface area contributed by atoms with Crippen LogP contribution in [-0.2, 0) is 5.41 Å².